The van der Waals surface area contributed by atoms with Crippen LogP contribution in [0.3, 0.4) is 0 Å². The molecule has 49 heavy (non-hydrogen) atoms. The van der Waals surface area contributed by atoms with Gasteiger partial charge in [-0.3, -0.25) is 0 Å². The minimum atomic E-state index is -2.23. The van der Waals surface area contributed by atoms with E-state index in [2.05, 4.69) is 128 Å². The molecule has 0 aromatic heterocycles. The minimum Gasteiger partial charge on any atom is -0.615 e. The molecule has 0 N–H and O–H groups in total. The fourth-order valence-electron chi connectivity index (χ4n) is 9.26. The molecule has 5 fully saturated rings. The Bertz CT molecular complexity index is 1670. The van der Waals surface area contributed by atoms with Crippen LogP contribution in [-0.4, -0.2) is 43.3 Å². The van der Waals surface area contributed by atoms with Crippen LogP contribution in [0.1, 0.15) is 55.9 Å². The Hall–Kier alpha value is -3.30. The molecule has 2 bridgehead atoms. The Morgan fingerprint density at radius 2 is 1.16 bits per heavy atom. The minimum absolute atomic E-state index is 0.0329. The normalized spacial score (nSPS) is 33.2. The van der Waals surface area contributed by atoms with Gasteiger partial charge in [0, 0.05) is 11.7 Å². The predicted octanol–water partition coefficient (Wildman–Crippen LogP) is 8.23. The van der Waals surface area contributed by atoms with Crippen molar-refractivity contribution in [1.29, 1.82) is 0 Å². The lowest BCUT2D eigenvalue weighted by Crippen LogP contribution is -2.73. The van der Waals surface area contributed by atoms with Crippen molar-refractivity contribution in [1.82, 2.24) is 0 Å². The third-order valence-corrected chi connectivity index (χ3v) is 12.1. The second-order valence-electron chi connectivity index (χ2n) is 15.4. The van der Waals surface area contributed by atoms with Gasteiger partial charge in [0.1, 0.15) is 25.3 Å². The molecule has 2 heterocycles. The Morgan fingerprint density at radius 3 is 1.71 bits per heavy atom. The summed E-state index contributed by atoms with van der Waals surface area (Å²) in [4.78, 5) is 0. The van der Waals surface area contributed by atoms with E-state index < -0.39 is 24.5 Å². The van der Waals surface area contributed by atoms with Crippen LogP contribution in [-0.2, 0) is 54.2 Å². The molecule has 2 aliphatic heterocycles. The molecule has 0 amide bonds. The van der Waals surface area contributed by atoms with Crippen LogP contribution in [0.5, 0.6) is 0 Å². The van der Waals surface area contributed by atoms with Gasteiger partial charge in [0.05, 0.1) is 31.5 Å². The standard InChI is InChI=1S/C42H49BO6/c1-41(2)35-24-37(41)42(3)38(25-35)47-43(48-42)40(46-28-33-20-12-6-13-21-33)39(45-27-32-18-10-5-11-19-32)36(44-26-31-16-8-4-9-17-31)30-49(43)29-34-22-14-7-15-23-34/h4-23,35-40H,24-30H2,1-3H3/t35?,36-,37?,38+,39-,40-,42-,43-/m0/s1. The molecule has 3 saturated carbocycles. The fourth-order valence-corrected chi connectivity index (χ4v) is 9.26. The van der Waals surface area contributed by atoms with Gasteiger partial charge in [-0.25, -0.2) is 0 Å². The number of rotatable bonds is 11. The first-order chi connectivity index (χ1) is 23.8. The van der Waals surface area contributed by atoms with Gasteiger partial charge in [-0.15, -0.1) is 0 Å². The highest BCUT2D eigenvalue weighted by atomic mass is 16.9. The molecule has 7 heteroatoms. The van der Waals surface area contributed by atoms with E-state index in [-0.39, 0.29) is 17.6 Å². The zero-order valence-electron chi connectivity index (χ0n) is 29.0. The van der Waals surface area contributed by atoms with Gasteiger partial charge in [-0.1, -0.05) is 135 Å². The number of benzene rings is 4. The van der Waals surface area contributed by atoms with E-state index in [0.29, 0.717) is 44.9 Å². The molecular formula is C42H49BO6. The first-order valence-corrected chi connectivity index (χ1v) is 18.1. The topological polar surface area (TPSA) is 48.9 Å². The van der Waals surface area contributed by atoms with E-state index in [1.54, 1.807) is 0 Å². The summed E-state index contributed by atoms with van der Waals surface area (Å²) in [6.45, 7) is 7.25. The molecule has 4 aromatic carbocycles. The van der Waals surface area contributed by atoms with E-state index in [9.17, 15) is 0 Å². The van der Waals surface area contributed by atoms with E-state index in [4.69, 9.17) is 23.5 Å². The van der Waals surface area contributed by atoms with Crippen LogP contribution in [0.25, 0.3) is 0 Å². The van der Waals surface area contributed by atoms with Crippen molar-refractivity contribution in [2.75, 3.05) is 6.61 Å². The Labute approximate surface area is 291 Å². The van der Waals surface area contributed by atoms with E-state index >= 15 is 0 Å². The van der Waals surface area contributed by atoms with Crippen LogP contribution < -0.4 is 0 Å². The van der Waals surface area contributed by atoms with E-state index in [1.807, 2.05) is 18.2 Å². The maximum absolute atomic E-state index is 7.62. The lowest BCUT2D eigenvalue weighted by atomic mass is 9.43. The molecule has 3 aliphatic carbocycles. The van der Waals surface area contributed by atoms with Gasteiger partial charge in [0.2, 0.25) is 0 Å². The largest absolute Gasteiger partial charge is 0.615 e. The third-order valence-electron chi connectivity index (χ3n) is 12.1. The zero-order chi connectivity index (χ0) is 33.5. The van der Waals surface area contributed by atoms with E-state index in [0.717, 1.165) is 28.7 Å². The molecule has 5 aliphatic rings. The summed E-state index contributed by atoms with van der Waals surface area (Å²) in [6, 6.07) is 41.1. The average Bonchev–Trinajstić information content (AvgIpc) is 3.46. The second-order valence-corrected chi connectivity index (χ2v) is 15.4. The van der Waals surface area contributed by atoms with Gasteiger partial charge in [-0.2, -0.15) is 0 Å². The van der Waals surface area contributed by atoms with Crippen molar-refractivity contribution in [3.63, 3.8) is 0 Å². The first-order valence-electron chi connectivity index (χ1n) is 18.1. The summed E-state index contributed by atoms with van der Waals surface area (Å²) in [6.07, 6.45) is 1.33. The predicted molar refractivity (Wildman–Crippen MR) is 191 cm³/mol. The van der Waals surface area contributed by atoms with Crippen LogP contribution >= 0.6 is 0 Å². The van der Waals surface area contributed by atoms with Gasteiger partial charge < -0.3 is 27.8 Å². The van der Waals surface area contributed by atoms with Gasteiger partial charge in [-0.05, 0) is 53.7 Å². The van der Waals surface area contributed by atoms with Crippen molar-refractivity contribution >= 4 is 6.75 Å². The van der Waals surface area contributed by atoms with Crippen molar-refractivity contribution < 1.29 is 27.8 Å². The van der Waals surface area contributed by atoms with Gasteiger partial charge in [0.25, 0.3) is 0 Å². The van der Waals surface area contributed by atoms with Crippen molar-refractivity contribution in [3.8, 4) is 0 Å². The SMILES string of the molecule is CC1(C)C2CC1[C@]1(C)O[B@@-]3(O[C@@H]1C2)[C@@H](OCc1ccccc1)[C@@H](OCc1ccccc1)[C@@H](OCc1ccccc1)C[O+]3Cc1ccccc1. The Kier molecular flexibility index (Phi) is 9.02. The van der Waals surface area contributed by atoms with Crippen LogP contribution in [0.4, 0.5) is 0 Å². The third kappa shape index (κ3) is 6.20. The summed E-state index contributed by atoms with van der Waals surface area (Å²) in [5.74, 6) is 1.02. The molecule has 0 radical (unpaired) electrons. The lowest BCUT2D eigenvalue weighted by Gasteiger charge is -2.65. The van der Waals surface area contributed by atoms with Crippen LogP contribution in [0.15, 0.2) is 121 Å². The average molecular weight is 661 g/mol. The molecule has 9 rings (SSSR count). The second kappa shape index (κ2) is 13.4. The van der Waals surface area contributed by atoms with Gasteiger partial charge in [0.15, 0.2) is 0 Å². The monoisotopic (exact) mass is 660 g/mol. The van der Waals surface area contributed by atoms with Crippen LogP contribution in [0, 0.1) is 17.3 Å². The smallest absolute Gasteiger partial charge is 0.601 e. The Morgan fingerprint density at radius 1 is 0.653 bits per heavy atom. The summed E-state index contributed by atoms with van der Waals surface area (Å²) in [5, 5.41) is 0. The molecule has 2 unspecified atom stereocenters. The molecule has 2 saturated heterocycles. The number of hydrogen-bond acceptors (Lipinski definition) is 5. The summed E-state index contributed by atoms with van der Waals surface area (Å²) in [5.41, 5.74) is 4.22. The summed E-state index contributed by atoms with van der Waals surface area (Å²) in [7, 11) is 0. The number of ether oxygens (including phenoxy) is 3. The quantitative estimate of drug-likeness (QED) is 0.120. The summed E-state index contributed by atoms with van der Waals surface area (Å²) < 4.78 is 39.6. The lowest BCUT2D eigenvalue weighted by molar-refractivity contribution is -0.242. The molecule has 8 atom stereocenters. The fraction of sp³-hybridized carbons (Fsp3) is 0.429. The summed E-state index contributed by atoms with van der Waals surface area (Å²) >= 11 is 0. The maximum Gasteiger partial charge on any atom is 0.601 e. The molecule has 4 aromatic rings. The van der Waals surface area contributed by atoms with Crippen molar-refractivity contribution in [3.05, 3.63) is 144 Å². The highest BCUT2D eigenvalue weighted by Gasteiger charge is 2.75. The molecule has 1 spiro atoms. The highest BCUT2D eigenvalue weighted by molar-refractivity contribution is 6.64. The van der Waals surface area contributed by atoms with E-state index in [1.165, 1.54) is 6.42 Å². The van der Waals surface area contributed by atoms with Gasteiger partial charge >= 0.3 is 6.75 Å². The maximum atomic E-state index is 7.62. The van der Waals surface area contributed by atoms with Crippen LogP contribution in [0.2, 0.25) is 0 Å². The molecule has 256 valence electrons. The number of hydrogen-bond donors (Lipinski definition) is 0. The van der Waals surface area contributed by atoms with Crippen molar-refractivity contribution in [2.45, 2.75) is 90.0 Å². The first kappa shape index (κ1) is 32.9. The molecule has 6 nitrogen and oxygen atoms in total. The zero-order valence-corrected chi connectivity index (χ0v) is 29.0. The molecular weight excluding hydrogens is 611 g/mol. The highest BCUT2D eigenvalue weighted by Crippen LogP contribution is 2.67. The Balaban J connectivity index is 1.21. The van der Waals surface area contributed by atoms with Crippen molar-refractivity contribution in [2.24, 2.45) is 17.3 Å².